The third kappa shape index (κ3) is 7.73. The van der Waals surface area contributed by atoms with Gasteiger partial charge in [0.1, 0.15) is 0 Å². The van der Waals surface area contributed by atoms with Crippen molar-refractivity contribution in [1.29, 1.82) is 0 Å². The summed E-state index contributed by atoms with van der Waals surface area (Å²) in [6.07, 6.45) is 1.02. The van der Waals surface area contributed by atoms with E-state index in [1.54, 1.807) is 0 Å². The molecule has 5 heteroatoms. The summed E-state index contributed by atoms with van der Waals surface area (Å²) >= 11 is 2.96. The number of hydrogen-bond acceptors (Lipinski definition) is 4. The average Bonchev–Trinajstić information content (AvgIpc) is 2.00. The molecule has 0 aliphatic rings. The highest BCUT2D eigenvalue weighted by molar-refractivity contribution is 8.89. The summed E-state index contributed by atoms with van der Waals surface area (Å²) in [5.74, 6) is -2.58. The summed E-state index contributed by atoms with van der Waals surface area (Å²) < 4.78 is 17.9. The van der Waals surface area contributed by atoms with Crippen molar-refractivity contribution in [3.8, 4) is 0 Å². The van der Waals surface area contributed by atoms with Crippen LogP contribution >= 0.6 is 28.5 Å². The van der Waals surface area contributed by atoms with Gasteiger partial charge in [-0.05, 0) is 13.3 Å². The van der Waals surface area contributed by atoms with Crippen LogP contribution in [0.4, 0.5) is 0 Å². The number of hydrogen-bond donors (Lipinski definition) is 0. The molecule has 0 aromatic carbocycles. The van der Waals surface area contributed by atoms with Crippen molar-refractivity contribution >= 4 is 28.5 Å². The summed E-state index contributed by atoms with van der Waals surface area (Å²) in [4.78, 5) is 0. The molecule has 0 aromatic heterocycles. The van der Waals surface area contributed by atoms with Gasteiger partial charge < -0.3 is 4.52 Å². The first-order valence-corrected chi connectivity index (χ1v) is 9.89. The summed E-state index contributed by atoms with van der Waals surface area (Å²) in [6, 6.07) is 0. The van der Waals surface area contributed by atoms with Crippen molar-refractivity contribution in [3.05, 3.63) is 0 Å². The van der Waals surface area contributed by atoms with E-state index in [4.69, 9.17) is 4.52 Å². The van der Waals surface area contributed by atoms with Crippen LogP contribution in [0, 0.1) is 0 Å². The summed E-state index contributed by atoms with van der Waals surface area (Å²) in [7, 11) is 0. The molecule has 1 unspecified atom stereocenters. The van der Waals surface area contributed by atoms with Crippen LogP contribution < -0.4 is 0 Å². The molecule has 0 aromatic rings. The van der Waals surface area contributed by atoms with Gasteiger partial charge in [-0.2, -0.15) is 0 Å². The van der Waals surface area contributed by atoms with Gasteiger partial charge in [0.2, 0.25) is 0 Å². The maximum absolute atomic E-state index is 12.5. The molecule has 92 valence electrons. The molecule has 0 fully saturated rings. The van der Waals surface area contributed by atoms with Gasteiger partial charge in [0.15, 0.2) is 0 Å². The molecular weight excluding hydrogens is 247 g/mol. The zero-order valence-corrected chi connectivity index (χ0v) is 13.1. The van der Waals surface area contributed by atoms with Crippen LogP contribution in [0.1, 0.15) is 48.0 Å². The van der Waals surface area contributed by atoms with Crippen molar-refractivity contribution in [1.82, 2.24) is 0 Å². The first-order valence-electron chi connectivity index (χ1n) is 5.36. The zero-order chi connectivity index (χ0) is 12.1. The Kier molecular flexibility index (Phi) is 6.97. The first kappa shape index (κ1) is 15.9. The second-order valence-corrected chi connectivity index (χ2v) is 12.7. The SMILES string of the molecule is CCOP(=O)(S[C@@H](C)CC)SC(C)(C)C. The van der Waals surface area contributed by atoms with E-state index in [9.17, 15) is 4.57 Å². The van der Waals surface area contributed by atoms with Crippen LogP contribution in [0.25, 0.3) is 0 Å². The molecule has 0 spiro atoms. The van der Waals surface area contributed by atoms with Gasteiger partial charge in [0.25, 0.3) is 0 Å². The second-order valence-electron chi connectivity index (χ2n) is 4.39. The molecule has 2 nitrogen and oxygen atoms in total. The molecule has 2 atom stereocenters. The van der Waals surface area contributed by atoms with Crippen molar-refractivity contribution in [2.75, 3.05) is 6.61 Å². The van der Waals surface area contributed by atoms with E-state index in [0.29, 0.717) is 11.9 Å². The molecule has 0 N–H and O–H groups in total. The number of rotatable bonds is 6. The second kappa shape index (κ2) is 6.58. The van der Waals surface area contributed by atoms with Crippen LogP contribution in [-0.2, 0) is 9.09 Å². The van der Waals surface area contributed by atoms with Gasteiger partial charge in [0.05, 0.1) is 6.61 Å². The third-order valence-electron chi connectivity index (χ3n) is 1.56. The summed E-state index contributed by atoms with van der Waals surface area (Å²) in [5, 5.41) is 0.386. The Bertz CT molecular complexity index is 226. The zero-order valence-electron chi connectivity index (χ0n) is 10.6. The Morgan fingerprint density at radius 1 is 1.33 bits per heavy atom. The molecule has 0 heterocycles. The Morgan fingerprint density at radius 3 is 2.20 bits per heavy atom. The minimum absolute atomic E-state index is 0.0227. The van der Waals surface area contributed by atoms with Crippen LogP contribution in [0.5, 0.6) is 0 Å². The van der Waals surface area contributed by atoms with Gasteiger partial charge >= 0.3 is 5.77 Å². The lowest BCUT2D eigenvalue weighted by Crippen LogP contribution is -2.07. The molecule has 0 saturated carbocycles. The highest BCUT2D eigenvalue weighted by Gasteiger charge is 2.32. The fourth-order valence-electron chi connectivity index (χ4n) is 0.867. The molecule has 0 bridgehead atoms. The van der Waals surface area contributed by atoms with Gasteiger partial charge in [-0.3, -0.25) is 4.57 Å². The molecule has 0 amide bonds. The molecule has 15 heavy (non-hydrogen) atoms. The average molecular weight is 270 g/mol. The van der Waals surface area contributed by atoms with Crippen molar-refractivity contribution in [3.63, 3.8) is 0 Å². The minimum Gasteiger partial charge on any atom is -0.314 e. The Hall–Kier alpha value is 0.890. The van der Waals surface area contributed by atoms with Gasteiger partial charge in [0, 0.05) is 10.00 Å². The Balaban J connectivity index is 4.52. The molecule has 0 rings (SSSR count). The standard InChI is InChI=1S/C10H23O2PS2/c1-7-9(3)14-13(11,12-8-2)15-10(4,5)6/h9H,7-8H2,1-6H3/t9-,13?/m0/s1. The quantitative estimate of drug-likeness (QED) is 0.620. The lowest BCUT2D eigenvalue weighted by atomic mass is 10.3. The normalized spacial score (nSPS) is 18.5. The summed E-state index contributed by atoms with van der Waals surface area (Å²) in [5.41, 5.74) is 0. The molecular formula is C10H23O2PS2. The van der Waals surface area contributed by atoms with Crippen molar-refractivity contribution < 1.29 is 9.09 Å². The minimum atomic E-state index is -2.58. The van der Waals surface area contributed by atoms with Gasteiger partial charge in [-0.1, -0.05) is 57.4 Å². The third-order valence-corrected chi connectivity index (χ3v) is 10.1. The molecule has 0 saturated heterocycles. The highest BCUT2D eigenvalue weighted by atomic mass is 33.1. The molecule has 0 radical (unpaired) electrons. The predicted octanol–water partition coefficient (Wildman–Crippen LogP) is 5.19. The van der Waals surface area contributed by atoms with Crippen molar-refractivity contribution in [2.45, 2.75) is 58.0 Å². The predicted molar refractivity (Wildman–Crippen MR) is 73.9 cm³/mol. The highest BCUT2D eigenvalue weighted by Crippen LogP contribution is 2.74. The van der Waals surface area contributed by atoms with Crippen LogP contribution in [0.15, 0.2) is 0 Å². The van der Waals surface area contributed by atoms with E-state index < -0.39 is 5.77 Å². The van der Waals surface area contributed by atoms with E-state index in [1.165, 1.54) is 22.8 Å². The van der Waals surface area contributed by atoms with Crippen molar-refractivity contribution in [2.24, 2.45) is 0 Å². The maximum atomic E-state index is 12.5. The van der Waals surface area contributed by atoms with E-state index in [-0.39, 0.29) is 4.75 Å². The Morgan fingerprint density at radius 2 is 1.87 bits per heavy atom. The van der Waals surface area contributed by atoms with Crippen LogP contribution in [0.3, 0.4) is 0 Å². The maximum Gasteiger partial charge on any atom is 0.313 e. The van der Waals surface area contributed by atoms with Gasteiger partial charge in [-0.15, -0.1) is 0 Å². The van der Waals surface area contributed by atoms with E-state index in [1.807, 2.05) is 6.92 Å². The van der Waals surface area contributed by atoms with Crippen LogP contribution in [0.2, 0.25) is 0 Å². The lowest BCUT2D eigenvalue weighted by Gasteiger charge is -2.26. The monoisotopic (exact) mass is 270 g/mol. The first-order chi connectivity index (χ1) is 6.72. The Labute approximate surface area is 102 Å². The lowest BCUT2D eigenvalue weighted by molar-refractivity contribution is 0.357. The van der Waals surface area contributed by atoms with Crippen LogP contribution in [-0.4, -0.2) is 16.6 Å². The van der Waals surface area contributed by atoms with E-state index in [0.717, 1.165) is 6.42 Å². The fourth-order valence-corrected chi connectivity index (χ4v) is 11.2. The smallest absolute Gasteiger partial charge is 0.313 e. The fraction of sp³-hybridized carbons (Fsp3) is 1.00. The van der Waals surface area contributed by atoms with Gasteiger partial charge in [-0.25, -0.2) is 0 Å². The summed E-state index contributed by atoms with van der Waals surface area (Å²) in [6.45, 7) is 12.8. The molecule has 0 aliphatic carbocycles. The topological polar surface area (TPSA) is 26.3 Å². The molecule has 0 aliphatic heterocycles. The van der Waals surface area contributed by atoms with E-state index >= 15 is 0 Å². The van der Waals surface area contributed by atoms with E-state index in [2.05, 4.69) is 34.6 Å². The largest absolute Gasteiger partial charge is 0.314 e.